The fraction of sp³-hybridized carbons (Fsp3) is 0.533. The summed E-state index contributed by atoms with van der Waals surface area (Å²) in [5.74, 6) is 0. The fourth-order valence-corrected chi connectivity index (χ4v) is 3.39. The number of piperidine rings is 1. The minimum atomic E-state index is -3.84. The maximum atomic E-state index is 12.0. The third-order valence-electron chi connectivity index (χ3n) is 4.08. The van der Waals surface area contributed by atoms with Gasteiger partial charge in [0.25, 0.3) is 10.1 Å². The molecule has 1 amide bonds. The molecule has 8 heteroatoms. The number of nitrogens with zero attached hydrogens (tertiary/aromatic N) is 1. The number of rotatable bonds is 5. The summed E-state index contributed by atoms with van der Waals surface area (Å²) in [5, 5.41) is 19.3. The Hall–Kier alpha value is -1.64. The number of amides is 1. The Bertz CT molecular complexity index is 647. The van der Waals surface area contributed by atoms with Crippen LogP contribution >= 0.6 is 0 Å². The van der Waals surface area contributed by atoms with Crippen LogP contribution < -0.4 is 0 Å². The van der Waals surface area contributed by atoms with Gasteiger partial charge in [-0.05, 0) is 31.9 Å². The van der Waals surface area contributed by atoms with Crippen molar-refractivity contribution in [2.24, 2.45) is 0 Å². The van der Waals surface area contributed by atoms with E-state index in [0.717, 1.165) is 5.56 Å². The van der Waals surface area contributed by atoms with Crippen molar-refractivity contribution in [1.29, 1.82) is 0 Å². The van der Waals surface area contributed by atoms with E-state index < -0.39 is 21.8 Å². The van der Waals surface area contributed by atoms with Gasteiger partial charge in [0.1, 0.15) is 0 Å². The number of carbonyl (C=O) groups is 1. The zero-order valence-electron chi connectivity index (χ0n) is 12.9. The molecule has 1 aromatic carbocycles. The second-order valence-electron chi connectivity index (χ2n) is 5.83. The van der Waals surface area contributed by atoms with Gasteiger partial charge in [-0.25, -0.2) is 4.79 Å². The molecule has 0 spiro atoms. The smallest absolute Gasteiger partial charge is 0.407 e. The van der Waals surface area contributed by atoms with Gasteiger partial charge in [-0.3, -0.25) is 4.18 Å². The third-order valence-corrected chi connectivity index (χ3v) is 5.41. The molecular formula is C15H21NO6S. The molecule has 1 aliphatic heterocycles. The molecule has 1 aliphatic rings. The van der Waals surface area contributed by atoms with Crippen LogP contribution in [-0.4, -0.2) is 54.9 Å². The van der Waals surface area contributed by atoms with E-state index in [-0.39, 0.29) is 43.9 Å². The molecule has 23 heavy (non-hydrogen) atoms. The summed E-state index contributed by atoms with van der Waals surface area (Å²) in [7, 11) is -3.84. The maximum Gasteiger partial charge on any atom is 0.407 e. The molecule has 2 N–H and O–H groups in total. The first kappa shape index (κ1) is 17.7. The first-order valence-corrected chi connectivity index (χ1v) is 8.79. The Labute approximate surface area is 135 Å². The van der Waals surface area contributed by atoms with E-state index in [1.807, 2.05) is 6.92 Å². The van der Waals surface area contributed by atoms with Crippen LogP contribution in [0.15, 0.2) is 29.2 Å². The molecule has 0 aliphatic carbocycles. The van der Waals surface area contributed by atoms with Crippen molar-refractivity contribution in [1.82, 2.24) is 4.90 Å². The number of carboxylic acid groups (broad SMARTS) is 1. The molecule has 0 saturated carbocycles. The summed E-state index contributed by atoms with van der Waals surface area (Å²) in [6.07, 6.45) is -0.322. The lowest BCUT2D eigenvalue weighted by atomic mass is 9.89. The largest absolute Gasteiger partial charge is 0.465 e. The number of aryl methyl sites for hydroxylation is 1. The number of hydrogen-bond donors (Lipinski definition) is 2. The zero-order valence-corrected chi connectivity index (χ0v) is 13.8. The molecule has 1 aromatic rings. The van der Waals surface area contributed by atoms with Crippen molar-refractivity contribution >= 4 is 16.2 Å². The van der Waals surface area contributed by atoms with Crippen molar-refractivity contribution in [2.75, 3.05) is 19.7 Å². The van der Waals surface area contributed by atoms with Gasteiger partial charge < -0.3 is 15.1 Å². The highest BCUT2D eigenvalue weighted by atomic mass is 32.2. The predicted molar refractivity (Wildman–Crippen MR) is 82.7 cm³/mol. The van der Waals surface area contributed by atoms with Crippen LogP contribution in [-0.2, 0) is 14.3 Å². The summed E-state index contributed by atoms with van der Waals surface area (Å²) in [6.45, 7) is 2.18. The van der Waals surface area contributed by atoms with E-state index >= 15 is 0 Å². The Morgan fingerprint density at radius 3 is 2.35 bits per heavy atom. The van der Waals surface area contributed by atoms with E-state index in [9.17, 15) is 18.3 Å². The van der Waals surface area contributed by atoms with Crippen molar-refractivity contribution < 1.29 is 27.6 Å². The molecule has 0 radical (unpaired) electrons. The summed E-state index contributed by atoms with van der Waals surface area (Å²) in [4.78, 5) is 12.1. The summed E-state index contributed by atoms with van der Waals surface area (Å²) >= 11 is 0. The second-order valence-corrected chi connectivity index (χ2v) is 7.45. The van der Waals surface area contributed by atoms with Gasteiger partial charge in [-0.2, -0.15) is 8.42 Å². The third kappa shape index (κ3) is 4.66. The SMILES string of the molecule is Cc1ccc(S(=O)(=O)OCCC2(O)CCN(C(=O)O)CC2)cc1. The van der Waals surface area contributed by atoms with E-state index in [1.54, 1.807) is 12.1 Å². The number of likely N-dealkylation sites (tertiary alicyclic amines) is 1. The van der Waals surface area contributed by atoms with Gasteiger partial charge >= 0.3 is 6.09 Å². The molecule has 0 bridgehead atoms. The lowest BCUT2D eigenvalue weighted by Gasteiger charge is -2.36. The quantitative estimate of drug-likeness (QED) is 0.787. The summed E-state index contributed by atoms with van der Waals surface area (Å²) < 4.78 is 29.1. The molecule has 1 heterocycles. The van der Waals surface area contributed by atoms with E-state index in [2.05, 4.69) is 0 Å². The highest BCUT2D eigenvalue weighted by Crippen LogP contribution is 2.26. The highest BCUT2D eigenvalue weighted by molar-refractivity contribution is 7.86. The Morgan fingerprint density at radius 1 is 1.26 bits per heavy atom. The van der Waals surface area contributed by atoms with Gasteiger partial charge in [-0.1, -0.05) is 17.7 Å². The molecule has 128 valence electrons. The first-order valence-electron chi connectivity index (χ1n) is 7.38. The molecule has 0 atom stereocenters. The van der Waals surface area contributed by atoms with Gasteiger partial charge in [0, 0.05) is 19.5 Å². The van der Waals surface area contributed by atoms with Gasteiger partial charge in [0.05, 0.1) is 17.1 Å². The fourth-order valence-electron chi connectivity index (χ4n) is 2.48. The van der Waals surface area contributed by atoms with Crippen LogP contribution in [0.25, 0.3) is 0 Å². The minimum Gasteiger partial charge on any atom is -0.465 e. The Kier molecular flexibility index (Phi) is 5.28. The average Bonchev–Trinajstić information content (AvgIpc) is 2.47. The summed E-state index contributed by atoms with van der Waals surface area (Å²) in [6, 6.07) is 6.33. The molecule has 1 fully saturated rings. The van der Waals surface area contributed by atoms with Gasteiger partial charge in [0.2, 0.25) is 0 Å². The molecule has 0 aromatic heterocycles. The Morgan fingerprint density at radius 2 is 1.83 bits per heavy atom. The minimum absolute atomic E-state index is 0.0794. The monoisotopic (exact) mass is 343 g/mol. The number of hydrogen-bond acceptors (Lipinski definition) is 5. The predicted octanol–water partition coefficient (Wildman–Crippen LogP) is 1.60. The van der Waals surface area contributed by atoms with E-state index in [4.69, 9.17) is 9.29 Å². The molecule has 1 saturated heterocycles. The van der Waals surface area contributed by atoms with Crippen LogP contribution in [0.4, 0.5) is 4.79 Å². The molecule has 2 rings (SSSR count). The first-order chi connectivity index (χ1) is 10.7. The highest BCUT2D eigenvalue weighted by Gasteiger charge is 2.34. The molecule has 0 unspecified atom stereocenters. The van der Waals surface area contributed by atoms with E-state index in [1.165, 1.54) is 17.0 Å². The topological polar surface area (TPSA) is 104 Å². The average molecular weight is 343 g/mol. The van der Waals surface area contributed by atoms with Gasteiger partial charge in [0.15, 0.2) is 0 Å². The maximum absolute atomic E-state index is 12.0. The Balaban J connectivity index is 1.87. The second kappa shape index (κ2) is 6.86. The van der Waals surface area contributed by atoms with Crippen molar-refractivity contribution in [2.45, 2.75) is 36.7 Å². The number of aliphatic hydroxyl groups is 1. The zero-order chi connectivity index (χ0) is 17.1. The van der Waals surface area contributed by atoms with Gasteiger partial charge in [-0.15, -0.1) is 0 Å². The van der Waals surface area contributed by atoms with Crippen LogP contribution in [0.2, 0.25) is 0 Å². The van der Waals surface area contributed by atoms with Crippen molar-refractivity contribution in [3.63, 3.8) is 0 Å². The van der Waals surface area contributed by atoms with Crippen molar-refractivity contribution in [3.05, 3.63) is 29.8 Å². The number of benzene rings is 1. The van der Waals surface area contributed by atoms with Crippen LogP contribution in [0.3, 0.4) is 0 Å². The lowest BCUT2D eigenvalue weighted by molar-refractivity contribution is -0.0304. The van der Waals surface area contributed by atoms with E-state index in [0.29, 0.717) is 0 Å². The standard InChI is InChI=1S/C15H21NO6S/c1-12-2-4-13(5-3-12)23(20,21)22-11-8-15(19)6-9-16(10-7-15)14(17)18/h2-5,19H,6-11H2,1H3,(H,17,18). The normalized spacial score (nSPS) is 17.9. The molecular weight excluding hydrogens is 322 g/mol. The lowest BCUT2D eigenvalue weighted by Crippen LogP contribution is -2.46. The van der Waals surface area contributed by atoms with Crippen LogP contribution in [0.5, 0.6) is 0 Å². The van der Waals surface area contributed by atoms with Crippen molar-refractivity contribution in [3.8, 4) is 0 Å². The van der Waals surface area contributed by atoms with Crippen LogP contribution in [0.1, 0.15) is 24.8 Å². The summed E-state index contributed by atoms with van der Waals surface area (Å²) in [5.41, 5.74) is -0.141. The molecule has 7 nitrogen and oxygen atoms in total. The van der Waals surface area contributed by atoms with Crippen LogP contribution in [0, 0.1) is 6.92 Å².